The number of nitrogens with zero attached hydrogens (tertiary/aromatic N) is 1. The zero-order valence-electron chi connectivity index (χ0n) is 27.1. The molecule has 11 heteroatoms. The molecule has 2 unspecified atom stereocenters. The van der Waals surface area contributed by atoms with E-state index in [-0.39, 0.29) is 35.4 Å². The van der Waals surface area contributed by atoms with E-state index in [1.807, 2.05) is 54.5 Å². The second kappa shape index (κ2) is 14.8. The number of hydrogen-bond acceptors (Lipinski definition) is 8. The van der Waals surface area contributed by atoms with E-state index in [2.05, 4.69) is 16.0 Å². The number of likely N-dealkylation sites (tertiary alicyclic amines) is 1. The van der Waals surface area contributed by atoms with Gasteiger partial charge in [0, 0.05) is 12.1 Å². The minimum Gasteiger partial charge on any atom is -0.365 e. The van der Waals surface area contributed by atoms with Gasteiger partial charge in [-0.25, -0.2) is 0 Å². The topological polar surface area (TPSA) is 171 Å². The van der Waals surface area contributed by atoms with Gasteiger partial charge in [0.25, 0.3) is 5.91 Å². The van der Waals surface area contributed by atoms with Gasteiger partial charge in [-0.05, 0) is 41.9 Å². The average Bonchev–Trinajstić information content (AvgIpc) is 3.65. The first-order valence-corrected chi connectivity index (χ1v) is 15.7. The van der Waals surface area contributed by atoms with Gasteiger partial charge in [-0.15, -0.1) is 0 Å². The molecular formula is C33H51N5O6. The van der Waals surface area contributed by atoms with Crippen molar-refractivity contribution in [2.75, 3.05) is 6.54 Å². The normalized spacial score (nSPS) is 21.5. The van der Waals surface area contributed by atoms with Gasteiger partial charge in [0.2, 0.25) is 17.6 Å². The van der Waals surface area contributed by atoms with Crippen LogP contribution in [0.15, 0.2) is 30.3 Å². The van der Waals surface area contributed by atoms with Crippen LogP contribution in [0.3, 0.4) is 0 Å². The van der Waals surface area contributed by atoms with E-state index in [0.717, 1.165) is 12.8 Å². The number of aliphatic hydroxyl groups is 1. The van der Waals surface area contributed by atoms with Gasteiger partial charge < -0.3 is 21.1 Å². The Bertz CT molecular complexity index is 1190. The predicted molar refractivity (Wildman–Crippen MR) is 167 cm³/mol. The van der Waals surface area contributed by atoms with Gasteiger partial charge in [0.15, 0.2) is 12.1 Å². The largest absolute Gasteiger partial charge is 0.365 e. The Hall–Kier alpha value is -3.15. The zero-order chi connectivity index (χ0) is 32.9. The fourth-order valence-corrected chi connectivity index (χ4v) is 5.79. The first-order chi connectivity index (χ1) is 20.5. The Kier molecular flexibility index (Phi) is 11.8. The van der Waals surface area contributed by atoms with E-state index in [9.17, 15) is 29.1 Å². The van der Waals surface area contributed by atoms with Crippen molar-refractivity contribution in [1.29, 1.82) is 0 Å². The number of Topliss-reactive ketones (excluding diaryl/α,β-unsaturated/α-hetero) is 2. The lowest BCUT2D eigenvalue weighted by atomic mass is 9.85. The number of aliphatic hydroxyl groups excluding tert-OH is 1. The maximum absolute atomic E-state index is 14.2. The van der Waals surface area contributed by atoms with Gasteiger partial charge in [-0.2, -0.15) is 0 Å². The van der Waals surface area contributed by atoms with Crippen LogP contribution in [0.25, 0.3) is 0 Å². The van der Waals surface area contributed by atoms with Crippen molar-refractivity contribution in [3.63, 3.8) is 0 Å². The number of ketones is 2. The van der Waals surface area contributed by atoms with Gasteiger partial charge in [-0.1, -0.05) is 91.6 Å². The Labute approximate surface area is 261 Å². The summed E-state index contributed by atoms with van der Waals surface area (Å²) in [7, 11) is 0. The van der Waals surface area contributed by atoms with Gasteiger partial charge in [0.1, 0.15) is 6.04 Å². The van der Waals surface area contributed by atoms with Crippen LogP contribution >= 0.6 is 0 Å². The molecule has 0 aromatic heterocycles. The van der Waals surface area contributed by atoms with Crippen LogP contribution in [0, 0.1) is 29.1 Å². The van der Waals surface area contributed by atoms with E-state index >= 15 is 0 Å². The molecule has 3 amide bonds. The Morgan fingerprint density at radius 2 is 1.61 bits per heavy atom. The van der Waals surface area contributed by atoms with Crippen molar-refractivity contribution < 1.29 is 29.1 Å². The summed E-state index contributed by atoms with van der Waals surface area (Å²) in [6.07, 6.45) is 1.17. The molecule has 6 N–H and O–H groups in total. The highest BCUT2D eigenvalue weighted by atomic mass is 16.3. The fourth-order valence-electron chi connectivity index (χ4n) is 5.79. The van der Waals surface area contributed by atoms with Crippen LogP contribution in [0.2, 0.25) is 0 Å². The Morgan fingerprint density at radius 1 is 1.00 bits per heavy atom. The smallest absolute Gasteiger partial charge is 0.287 e. The first-order valence-electron chi connectivity index (χ1n) is 15.7. The minimum atomic E-state index is -1.41. The highest BCUT2D eigenvalue weighted by molar-refractivity contribution is 6.37. The lowest BCUT2D eigenvalue weighted by molar-refractivity contribution is -0.144. The Balaban J connectivity index is 1.81. The highest BCUT2D eigenvalue weighted by Gasteiger charge is 2.46. The molecule has 0 radical (unpaired) electrons. The Morgan fingerprint density at radius 3 is 2.11 bits per heavy atom. The monoisotopic (exact) mass is 613 g/mol. The van der Waals surface area contributed by atoms with E-state index in [1.165, 1.54) is 4.90 Å². The lowest BCUT2D eigenvalue weighted by Crippen LogP contribution is -2.63. The molecule has 244 valence electrons. The molecule has 1 aliphatic carbocycles. The van der Waals surface area contributed by atoms with Crippen molar-refractivity contribution >= 4 is 29.3 Å². The van der Waals surface area contributed by atoms with Crippen molar-refractivity contribution in [1.82, 2.24) is 20.9 Å². The number of rotatable bonds is 15. The molecule has 1 aromatic carbocycles. The van der Waals surface area contributed by atoms with Gasteiger partial charge in [-0.3, -0.25) is 34.6 Å². The van der Waals surface area contributed by atoms with Crippen LogP contribution in [-0.4, -0.2) is 76.4 Å². The zero-order valence-corrected chi connectivity index (χ0v) is 27.1. The second-order valence-electron chi connectivity index (χ2n) is 14.2. The van der Waals surface area contributed by atoms with Crippen LogP contribution < -0.4 is 21.7 Å². The van der Waals surface area contributed by atoms with Gasteiger partial charge in [0.05, 0.1) is 18.1 Å². The van der Waals surface area contributed by atoms with Crippen LogP contribution in [0.4, 0.5) is 0 Å². The van der Waals surface area contributed by atoms with Crippen LogP contribution in [0.5, 0.6) is 0 Å². The number of nitrogens with two attached hydrogens (primary N) is 1. The number of carbonyl (C=O) groups is 5. The fraction of sp³-hybridized carbons (Fsp3) is 0.667. The summed E-state index contributed by atoms with van der Waals surface area (Å²) in [5, 5.41) is 19.8. The number of primary amides is 1. The van der Waals surface area contributed by atoms with E-state index in [0.29, 0.717) is 24.9 Å². The molecular weight excluding hydrogens is 562 g/mol. The molecule has 3 rings (SSSR count). The average molecular weight is 614 g/mol. The van der Waals surface area contributed by atoms with Crippen LogP contribution in [-0.2, 0) is 19.2 Å². The molecule has 2 fully saturated rings. The van der Waals surface area contributed by atoms with Crippen molar-refractivity contribution in [2.24, 2.45) is 34.8 Å². The maximum atomic E-state index is 14.2. The van der Waals surface area contributed by atoms with Crippen LogP contribution in [0.1, 0.15) is 84.5 Å². The maximum Gasteiger partial charge on any atom is 0.287 e. The quantitative estimate of drug-likeness (QED) is 0.114. The third-order valence-corrected chi connectivity index (χ3v) is 8.79. The molecule has 1 aromatic rings. The number of carbonyl (C=O) groups excluding carboxylic acids is 5. The number of hydrogen-bond donors (Lipinski definition) is 5. The number of nitrogens with one attached hydrogen (secondary N) is 3. The molecule has 1 aliphatic heterocycles. The summed E-state index contributed by atoms with van der Waals surface area (Å²) in [5.41, 5.74) is 5.09. The second-order valence-corrected chi connectivity index (χ2v) is 14.2. The predicted octanol–water partition coefficient (Wildman–Crippen LogP) is 1.98. The third kappa shape index (κ3) is 9.18. The van der Waals surface area contributed by atoms with Crippen molar-refractivity contribution in [2.45, 2.75) is 105 Å². The molecule has 0 spiro atoms. The molecule has 1 heterocycles. The lowest BCUT2D eigenvalue weighted by Gasteiger charge is -2.38. The van der Waals surface area contributed by atoms with E-state index < -0.39 is 53.5 Å². The molecule has 0 bridgehead atoms. The third-order valence-electron chi connectivity index (χ3n) is 8.79. The number of benzene rings is 1. The minimum absolute atomic E-state index is 0.0286. The van der Waals surface area contributed by atoms with Gasteiger partial charge >= 0.3 is 0 Å². The SMILES string of the molecule is CC(C)[C@@H]1C[C@@H](C(=O)NC(CC2CC2)C(=O)C(N)=O)N(C(=O)[C@@H](NC(O)N[C@H](C(=O)c2ccccc2)C(C)C)C(C)(C)C)C1. The number of amides is 3. The molecule has 11 nitrogen and oxygen atoms in total. The molecule has 44 heavy (non-hydrogen) atoms. The summed E-state index contributed by atoms with van der Waals surface area (Å²) in [4.78, 5) is 66.9. The molecule has 1 saturated heterocycles. The summed E-state index contributed by atoms with van der Waals surface area (Å²) in [5.74, 6) is -2.69. The summed E-state index contributed by atoms with van der Waals surface area (Å²) in [6, 6.07) is 5.27. The summed E-state index contributed by atoms with van der Waals surface area (Å²) in [6.45, 7) is 13.7. The standard InChI is InChI=1S/C33H51N5O6/c1-18(2)22-16-24(30(42)35-23(15-20-13-14-20)27(40)29(34)41)38(17-22)31(43)28(33(5,6)7)37-32(44)36-25(19(3)4)26(39)21-11-9-8-10-12-21/h8-12,18-20,22-25,28,32,36-37,44H,13-17H2,1-7H3,(H2,34,41)(H,35,42)/t22-,23?,24+,25+,28-,32?/m1/s1. The van der Waals surface area contributed by atoms with Crippen molar-refractivity contribution in [3.8, 4) is 0 Å². The first kappa shape index (κ1) is 35.3. The van der Waals surface area contributed by atoms with Crippen molar-refractivity contribution in [3.05, 3.63) is 35.9 Å². The summed E-state index contributed by atoms with van der Waals surface area (Å²) < 4.78 is 0. The van der Waals surface area contributed by atoms with E-state index in [4.69, 9.17) is 5.73 Å². The molecule has 2 aliphatic rings. The summed E-state index contributed by atoms with van der Waals surface area (Å²) >= 11 is 0. The molecule has 6 atom stereocenters. The van der Waals surface area contributed by atoms with E-state index in [1.54, 1.807) is 24.3 Å². The highest BCUT2D eigenvalue weighted by Crippen LogP contribution is 2.35. The molecule has 1 saturated carbocycles.